The summed E-state index contributed by atoms with van der Waals surface area (Å²) in [4.78, 5) is 11.7. The van der Waals surface area contributed by atoms with Crippen molar-refractivity contribution in [3.05, 3.63) is 35.5 Å². The summed E-state index contributed by atoms with van der Waals surface area (Å²) in [7, 11) is 0. The summed E-state index contributed by atoms with van der Waals surface area (Å²) < 4.78 is 17.8. The molecule has 88 valence electrons. The number of carbonyl (C=O) groups excluding carboxylic acids is 1. The Balaban J connectivity index is 2.20. The van der Waals surface area contributed by atoms with E-state index in [9.17, 15) is 9.18 Å². The lowest BCUT2D eigenvalue weighted by Crippen LogP contribution is -2.14. The zero-order valence-corrected chi connectivity index (χ0v) is 8.90. The number of hydrogen-bond acceptors (Lipinski definition) is 5. The predicted molar refractivity (Wildman–Crippen MR) is 57.8 cm³/mol. The molecular weight excluding hydrogens is 227 g/mol. The molecule has 6 nitrogen and oxygen atoms in total. The molecule has 17 heavy (non-hydrogen) atoms. The van der Waals surface area contributed by atoms with Crippen LogP contribution in [0, 0.1) is 12.7 Å². The van der Waals surface area contributed by atoms with Crippen molar-refractivity contribution < 1.29 is 13.6 Å². The Hall–Kier alpha value is -2.44. The summed E-state index contributed by atoms with van der Waals surface area (Å²) >= 11 is 0. The molecule has 7 heteroatoms. The number of aromatic nitrogens is 2. The minimum absolute atomic E-state index is 0.0313. The highest BCUT2D eigenvalue weighted by molar-refractivity contribution is 6.06. The van der Waals surface area contributed by atoms with E-state index in [-0.39, 0.29) is 17.3 Å². The Morgan fingerprint density at radius 3 is 2.82 bits per heavy atom. The zero-order valence-electron chi connectivity index (χ0n) is 8.90. The van der Waals surface area contributed by atoms with E-state index in [1.165, 1.54) is 6.07 Å². The van der Waals surface area contributed by atoms with Crippen LogP contribution in [-0.4, -0.2) is 16.1 Å². The maximum atomic E-state index is 12.8. The minimum atomic E-state index is -0.536. The van der Waals surface area contributed by atoms with Gasteiger partial charge in [-0.15, -0.1) is 5.10 Å². The van der Waals surface area contributed by atoms with Crippen LogP contribution in [0.3, 0.4) is 0 Å². The van der Waals surface area contributed by atoms with Gasteiger partial charge in [0.15, 0.2) is 0 Å². The van der Waals surface area contributed by atoms with Crippen LogP contribution in [0.1, 0.15) is 16.2 Å². The van der Waals surface area contributed by atoms with Crippen LogP contribution >= 0.6 is 0 Å². The van der Waals surface area contributed by atoms with Crippen molar-refractivity contribution in [3.8, 4) is 0 Å². The summed E-state index contributed by atoms with van der Waals surface area (Å²) in [5.74, 6) is -0.716. The van der Waals surface area contributed by atoms with Crippen molar-refractivity contribution in [1.82, 2.24) is 10.2 Å². The minimum Gasteiger partial charge on any atom is -0.408 e. The highest BCUT2D eigenvalue weighted by atomic mass is 19.1. The zero-order chi connectivity index (χ0) is 12.4. The fourth-order valence-corrected chi connectivity index (χ4v) is 1.25. The summed E-state index contributed by atoms with van der Waals surface area (Å²) in [5.41, 5.74) is 5.70. The Morgan fingerprint density at radius 1 is 1.47 bits per heavy atom. The van der Waals surface area contributed by atoms with E-state index in [1.807, 2.05) is 0 Å². The number of halogens is 1. The Morgan fingerprint density at radius 2 is 2.24 bits per heavy atom. The van der Waals surface area contributed by atoms with Gasteiger partial charge < -0.3 is 10.2 Å². The van der Waals surface area contributed by atoms with Crippen LogP contribution in [0.2, 0.25) is 0 Å². The van der Waals surface area contributed by atoms with Crippen LogP contribution < -0.4 is 11.1 Å². The van der Waals surface area contributed by atoms with Gasteiger partial charge in [0.1, 0.15) is 5.82 Å². The maximum absolute atomic E-state index is 12.8. The molecule has 0 aliphatic heterocycles. The Kier molecular flexibility index (Phi) is 2.73. The molecule has 2 aromatic rings. The molecule has 1 aromatic carbocycles. The number of aryl methyl sites for hydroxylation is 1. The van der Waals surface area contributed by atoms with Gasteiger partial charge in [-0.1, -0.05) is 5.10 Å². The van der Waals surface area contributed by atoms with Crippen molar-refractivity contribution >= 4 is 17.6 Å². The van der Waals surface area contributed by atoms with Gasteiger partial charge in [0.05, 0.1) is 5.56 Å². The van der Waals surface area contributed by atoms with Gasteiger partial charge in [0, 0.05) is 12.6 Å². The van der Waals surface area contributed by atoms with Crippen molar-refractivity contribution in [1.29, 1.82) is 0 Å². The van der Waals surface area contributed by atoms with E-state index in [4.69, 9.17) is 10.2 Å². The number of anilines is 2. The number of benzene rings is 1. The first-order chi connectivity index (χ1) is 8.06. The second kappa shape index (κ2) is 4.20. The van der Waals surface area contributed by atoms with E-state index in [2.05, 4.69) is 15.5 Å². The fourth-order valence-electron chi connectivity index (χ4n) is 1.25. The smallest absolute Gasteiger partial charge is 0.322 e. The van der Waals surface area contributed by atoms with Gasteiger partial charge in [0.25, 0.3) is 5.91 Å². The Bertz CT molecular complexity index is 567. The fraction of sp³-hybridized carbons (Fsp3) is 0.100. The summed E-state index contributed by atoms with van der Waals surface area (Å²) in [6.07, 6.45) is 0. The maximum Gasteiger partial charge on any atom is 0.322 e. The third-order valence-corrected chi connectivity index (χ3v) is 2.00. The molecular formula is C10H9FN4O2. The van der Waals surface area contributed by atoms with E-state index >= 15 is 0 Å². The SMILES string of the molecule is Cc1nnc(NC(=O)c2ccc(F)cc2N)o1. The monoisotopic (exact) mass is 236 g/mol. The van der Waals surface area contributed by atoms with Crippen LogP contribution in [0.5, 0.6) is 0 Å². The molecule has 0 radical (unpaired) electrons. The number of rotatable bonds is 2. The molecule has 0 aliphatic carbocycles. The van der Waals surface area contributed by atoms with Crippen LogP contribution in [0.25, 0.3) is 0 Å². The quantitative estimate of drug-likeness (QED) is 0.767. The molecule has 0 saturated heterocycles. The van der Waals surface area contributed by atoms with E-state index in [1.54, 1.807) is 6.92 Å². The second-order valence-electron chi connectivity index (χ2n) is 3.31. The van der Waals surface area contributed by atoms with Crippen molar-refractivity contribution in [2.45, 2.75) is 6.92 Å². The molecule has 2 rings (SSSR count). The number of nitrogen functional groups attached to an aromatic ring is 1. The van der Waals surface area contributed by atoms with Gasteiger partial charge in [0.2, 0.25) is 5.89 Å². The Labute approximate surface area is 95.6 Å². The third-order valence-electron chi connectivity index (χ3n) is 2.00. The lowest BCUT2D eigenvalue weighted by molar-refractivity contribution is 0.102. The van der Waals surface area contributed by atoms with Crippen molar-refractivity contribution in [2.75, 3.05) is 11.1 Å². The van der Waals surface area contributed by atoms with Crippen LogP contribution in [-0.2, 0) is 0 Å². The summed E-state index contributed by atoms with van der Waals surface area (Å²) in [6, 6.07) is 3.46. The average molecular weight is 236 g/mol. The molecule has 0 saturated carbocycles. The van der Waals surface area contributed by atoms with Gasteiger partial charge in [-0.05, 0) is 18.2 Å². The van der Waals surface area contributed by atoms with Gasteiger partial charge >= 0.3 is 6.01 Å². The molecule has 0 fully saturated rings. The van der Waals surface area contributed by atoms with Gasteiger partial charge in [-0.3, -0.25) is 10.1 Å². The number of nitrogens with two attached hydrogens (primary N) is 1. The lowest BCUT2D eigenvalue weighted by Gasteiger charge is -2.03. The highest BCUT2D eigenvalue weighted by Gasteiger charge is 2.13. The molecule has 0 unspecified atom stereocenters. The highest BCUT2D eigenvalue weighted by Crippen LogP contribution is 2.15. The van der Waals surface area contributed by atoms with E-state index < -0.39 is 11.7 Å². The molecule has 0 spiro atoms. The first-order valence-electron chi connectivity index (χ1n) is 4.73. The van der Waals surface area contributed by atoms with E-state index in [0.717, 1.165) is 12.1 Å². The van der Waals surface area contributed by atoms with Gasteiger partial charge in [-0.2, -0.15) is 0 Å². The first-order valence-corrected chi connectivity index (χ1v) is 4.73. The van der Waals surface area contributed by atoms with Crippen molar-refractivity contribution in [3.63, 3.8) is 0 Å². The van der Waals surface area contributed by atoms with Crippen LogP contribution in [0.15, 0.2) is 22.6 Å². The molecule has 0 atom stereocenters. The number of nitrogens with one attached hydrogen (secondary N) is 1. The second-order valence-corrected chi connectivity index (χ2v) is 3.31. The molecule has 0 bridgehead atoms. The number of hydrogen-bond donors (Lipinski definition) is 2. The average Bonchev–Trinajstić information content (AvgIpc) is 2.63. The number of amides is 1. The standard InChI is InChI=1S/C10H9FN4O2/c1-5-14-15-10(17-5)13-9(16)7-3-2-6(11)4-8(7)12/h2-4H,12H2,1H3,(H,13,15,16). The topological polar surface area (TPSA) is 94.0 Å². The van der Waals surface area contributed by atoms with Crippen LogP contribution in [0.4, 0.5) is 16.1 Å². The molecule has 3 N–H and O–H groups in total. The summed E-state index contributed by atoms with van der Waals surface area (Å²) in [6.45, 7) is 1.59. The number of carbonyl (C=O) groups is 1. The molecule has 0 aliphatic rings. The molecule has 1 heterocycles. The predicted octanol–water partition coefficient (Wildman–Crippen LogP) is 1.35. The van der Waals surface area contributed by atoms with Crippen molar-refractivity contribution in [2.24, 2.45) is 0 Å². The normalized spacial score (nSPS) is 10.2. The molecule has 1 amide bonds. The third kappa shape index (κ3) is 2.39. The van der Waals surface area contributed by atoms with Gasteiger partial charge in [-0.25, -0.2) is 4.39 Å². The lowest BCUT2D eigenvalue weighted by atomic mass is 10.1. The number of nitrogens with zero attached hydrogens (tertiary/aromatic N) is 2. The molecule has 1 aromatic heterocycles. The van der Waals surface area contributed by atoms with E-state index in [0.29, 0.717) is 5.89 Å². The largest absolute Gasteiger partial charge is 0.408 e. The summed E-state index contributed by atoms with van der Waals surface area (Å²) in [5, 5.41) is 9.50. The first kappa shape index (κ1) is 11.1.